The van der Waals surface area contributed by atoms with Crippen LogP contribution in [0.3, 0.4) is 0 Å². The lowest BCUT2D eigenvalue weighted by Gasteiger charge is -2.33. The molecule has 3 rings (SSSR count). The van der Waals surface area contributed by atoms with Gasteiger partial charge in [-0.2, -0.15) is 0 Å². The monoisotopic (exact) mass is 278 g/mol. The smallest absolute Gasteiger partial charge is 0.123 e. The van der Waals surface area contributed by atoms with Crippen molar-refractivity contribution in [2.24, 2.45) is 11.7 Å². The van der Waals surface area contributed by atoms with Crippen LogP contribution in [0, 0.1) is 11.7 Å². The number of likely N-dealkylation sites (tertiary alicyclic amines) is 1. The van der Waals surface area contributed by atoms with Crippen molar-refractivity contribution in [2.45, 2.75) is 31.8 Å². The Bertz CT molecular complexity index is 464. The molecule has 0 radical (unpaired) electrons. The lowest BCUT2D eigenvalue weighted by molar-refractivity contribution is 0.109. The quantitative estimate of drug-likeness (QED) is 0.917. The highest BCUT2D eigenvalue weighted by Crippen LogP contribution is 2.30. The molecule has 2 heterocycles. The number of hydrogen-bond acceptors (Lipinski definition) is 3. The van der Waals surface area contributed by atoms with Crippen molar-refractivity contribution in [3.63, 3.8) is 0 Å². The van der Waals surface area contributed by atoms with Crippen LogP contribution >= 0.6 is 0 Å². The molecular weight excluding hydrogens is 255 g/mol. The van der Waals surface area contributed by atoms with Gasteiger partial charge in [-0.15, -0.1) is 0 Å². The number of ether oxygens (including phenoxy) is 1. The second-order valence-electron chi connectivity index (χ2n) is 6.04. The Morgan fingerprint density at radius 2 is 2.30 bits per heavy atom. The Balaban J connectivity index is 1.55. The topological polar surface area (TPSA) is 38.5 Å². The van der Waals surface area contributed by atoms with Crippen LogP contribution in [0.1, 0.15) is 24.8 Å². The van der Waals surface area contributed by atoms with Crippen LogP contribution in [0.25, 0.3) is 0 Å². The predicted octanol–water partition coefficient (Wildman–Crippen LogP) is 2.19. The molecule has 3 nitrogen and oxygen atoms in total. The number of halogens is 1. The maximum atomic E-state index is 13.2. The molecule has 2 atom stereocenters. The van der Waals surface area contributed by atoms with E-state index in [9.17, 15) is 4.39 Å². The zero-order valence-electron chi connectivity index (χ0n) is 11.9. The molecule has 20 heavy (non-hydrogen) atoms. The average molecular weight is 278 g/mol. The first-order valence-corrected chi connectivity index (χ1v) is 7.62. The van der Waals surface area contributed by atoms with Crippen molar-refractivity contribution in [3.8, 4) is 5.75 Å². The molecule has 0 bridgehead atoms. The van der Waals surface area contributed by atoms with Gasteiger partial charge in [0.1, 0.15) is 17.7 Å². The molecule has 2 N–H and O–H groups in total. The first-order valence-electron chi connectivity index (χ1n) is 7.62. The van der Waals surface area contributed by atoms with Gasteiger partial charge < -0.3 is 10.5 Å². The SMILES string of the molecule is NCCC1CCCN(CC2Cc3cc(F)ccc3O2)C1. The van der Waals surface area contributed by atoms with Gasteiger partial charge in [-0.05, 0) is 56.5 Å². The van der Waals surface area contributed by atoms with Crippen LogP contribution in [0.15, 0.2) is 18.2 Å². The van der Waals surface area contributed by atoms with Gasteiger partial charge in [0, 0.05) is 25.1 Å². The summed E-state index contributed by atoms with van der Waals surface area (Å²) in [6, 6.07) is 4.82. The zero-order valence-corrected chi connectivity index (χ0v) is 11.9. The third kappa shape index (κ3) is 3.13. The summed E-state index contributed by atoms with van der Waals surface area (Å²) in [7, 11) is 0. The van der Waals surface area contributed by atoms with Crippen LogP contribution in [0.4, 0.5) is 4.39 Å². The fourth-order valence-corrected chi connectivity index (χ4v) is 3.47. The molecule has 0 aromatic heterocycles. The van der Waals surface area contributed by atoms with E-state index in [1.54, 1.807) is 12.1 Å². The summed E-state index contributed by atoms with van der Waals surface area (Å²) in [6.45, 7) is 3.99. The molecule has 1 saturated heterocycles. The number of piperidine rings is 1. The minimum atomic E-state index is -0.172. The number of benzene rings is 1. The maximum Gasteiger partial charge on any atom is 0.123 e. The Morgan fingerprint density at radius 3 is 3.15 bits per heavy atom. The molecule has 0 amide bonds. The van der Waals surface area contributed by atoms with Crippen LogP contribution in [-0.4, -0.2) is 37.2 Å². The van der Waals surface area contributed by atoms with Gasteiger partial charge >= 0.3 is 0 Å². The highest BCUT2D eigenvalue weighted by Gasteiger charge is 2.27. The molecule has 110 valence electrons. The maximum absolute atomic E-state index is 13.2. The molecule has 4 heteroatoms. The number of hydrogen-bond donors (Lipinski definition) is 1. The van der Waals surface area contributed by atoms with E-state index in [4.69, 9.17) is 10.5 Å². The summed E-state index contributed by atoms with van der Waals surface area (Å²) in [6.07, 6.45) is 4.66. The number of rotatable bonds is 4. The predicted molar refractivity (Wildman–Crippen MR) is 77.4 cm³/mol. The van der Waals surface area contributed by atoms with Crippen LogP contribution < -0.4 is 10.5 Å². The van der Waals surface area contributed by atoms with E-state index >= 15 is 0 Å². The van der Waals surface area contributed by atoms with Crippen LogP contribution in [0.5, 0.6) is 5.75 Å². The van der Waals surface area contributed by atoms with Crippen molar-refractivity contribution in [1.29, 1.82) is 0 Å². The highest BCUT2D eigenvalue weighted by molar-refractivity contribution is 5.37. The Hall–Kier alpha value is -1.13. The third-order valence-electron chi connectivity index (χ3n) is 4.40. The van der Waals surface area contributed by atoms with E-state index in [2.05, 4.69) is 4.90 Å². The first kappa shape index (κ1) is 13.8. The van der Waals surface area contributed by atoms with E-state index in [-0.39, 0.29) is 11.9 Å². The lowest BCUT2D eigenvalue weighted by Crippen LogP contribution is -2.41. The van der Waals surface area contributed by atoms with Gasteiger partial charge in [-0.3, -0.25) is 4.90 Å². The summed E-state index contributed by atoms with van der Waals surface area (Å²) in [5, 5.41) is 0. The molecule has 0 aliphatic carbocycles. The molecule has 2 aliphatic rings. The summed E-state index contributed by atoms with van der Waals surface area (Å²) < 4.78 is 19.1. The van der Waals surface area contributed by atoms with E-state index in [1.165, 1.54) is 18.9 Å². The second-order valence-corrected chi connectivity index (χ2v) is 6.04. The van der Waals surface area contributed by atoms with Crippen molar-refractivity contribution < 1.29 is 9.13 Å². The second kappa shape index (κ2) is 6.10. The van der Waals surface area contributed by atoms with Crippen molar-refractivity contribution in [1.82, 2.24) is 4.90 Å². The lowest BCUT2D eigenvalue weighted by atomic mass is 9.94. The number of nitrogens with zero attached hydrogens (tertiary/aromatic N) is 1. The Labute approximate surface area is 119 Å². The molecule has 2 aliphatic heterocycles. The van der Waals surface area contributed by atoms with Crippen LogP contribution in [-0.2, 0) is 6.42 Å². The summed E-state index contributed by atoms with van der Waals surface area (Å²) in [5.74, 6) is 1.41. The minimum absolute atomic E-state index is 0.170. The van der Waals surface area contributed by atoms with E-state index in [0.29, 0.717) is 0 Å². The summed E-state index contributed by atoms with van der Waals surface area (Å²) in [4.78, 5) is 2.48. The summed E-state index contributed by atoms with van der Waals surface area (Å²) in [5.41, 5.74) is 6.67. The fraction of sp³-hybridized carbons (Fsp3) is 0.625. The Morgan fingerprint density at radius 1 is 1.40 bits per heavy atom. The largest absolute Gasteiger partial charge is 0.488 e. The minimum Gasteiger partial charge on any atom is -0.488 e. The van der Waals surface area contributed by atoms with E-state index in [1.807, 2.05) is 0 Å². The van der Waals surface area contributed by atoms with Gasteiger partial charge in [0.05, 0.1) is 0 Å². The molecular formula is C16H23FN2O. The van der Waals surface area contributed by atoms with Gasteiger partial charge in [0.2, 0.25) is 0 Å². The zero-order chi connectivity index (χ0) is 13.9. The van der Waals surface area contributed by atoms with E-state index < -0.39 is 0 Å². The van der Waals surface area contributed by atoms with Crippen molar-refractivity contribution in [3.05, 3.63) is 29.6 Å². The van der Waals surface area contributed by atoms with Crippen molar-refractivity contribution in [2.75, 3.05) is 26.2 Å². The van der Waals surface area contributed by atoms with Crippen molar-refractivity contribution >= 4 is 0 Å². The van der Waals surface area contributed by atoms with Gasteiger partial charge in [-0.1, -0.05) is 0 Å². The fourth-order valence-electron chi connectivity index (χ4n) is 3.47. The van der Waals surface area contributed by atoms with Gasteiger partial charge in [-0.25, -0.2) is 4.39 Å². The first-order chi connectivity index (χ1) is 9.74. The summed E-state index contributed by atoms with van der Waals surface area (Å²) >= 11 is 0. The highest BCUT2D eigenvalue weighted by atomic mass is 19.1. The normalized spacial score (nSPS) is 26.3. The Kier molecular flexibility index (Phi) is 4.22. The van der Waals surface area contributed by atoms with Gasteiger partial charge in [0.15, 0.2) is 0 Å². The standard InChI is InChI=1S/C16H23FN2O/c17-14-3-4-16-13(8-14)9-15(20-16)11-19-7-1-2-12(10-19)5-6-18/h3-4,8,12,15H,1-2,5-7,9-11,18H2. The average Bonchev–Trinajstić information content (AvgIpc) is 2.81. The molecule has 2 unspecified atom stereocenters. The number of nitrogens with two attached hydrogens (primary N) is 1. The molecule has 1 aromatic carbocycles. The third-order valence-corrected chi connectivity index (χ3v) is 4.40. The number of fused-ring (bicyclic) bond motifs is 1. The molecule has 1 fully saturated rings. The molecule has 0 spiro atoms. The van der Waals surface area contributed by atoms with E-state index in [0.717, 1.165) is 56.3 Å². The molecule has 1 aromatic rings. The molecule has 0 saturated carbocycles. The van der Waals surface area contributed by atoms with Crippen LogP contribution in [0.2, 0.25) is 0 Å². The van der Waals surface area contributed by atoms with Gasteiger partial charge in [0.25, 0.3) is 0 Å².